The van der Waals surface area contributed by atoms with E-state index in [-0.39, 0.29) is 23.8 Å². The van der Waals surface area contributed by atoms with Gasteiger partial charge in [0.25, 0.3) is 0 Å². The second kappa shape index (κ2) is 4.12. The lowest BCUT2D eigenvalue weighted by Crippen LogP contribution is -2.76. The van der Waals surface area contributed by atoms with E-state index in [1.807, 2.05) is 0 Å². The van der Waals surface area contributed by atoms with Crippen LogP contribution >= 0.6 is 0 Å². The summed E-state index contributed by atoms with van der Waals surface area (Å²) in [4.78, 5) is 14.9. The normalized spacial score (nSPS) is 60.2. The first-order valence-corrected chi connectivity index (χ1v) is 8.78. The highest BCUT2D eigenvalue weighted by Gasteiger charge is 2.77. The zero-order valence-corrected chi connectivity index (χ0v) is 13.1. The number of carbonyl (C=O) groups excluding carboxylic acids is 1. The molecule has 122 valence electrons. The number of rotatable bonds is 0. The van der Waals surface area contributed by atoms with Crippen molar-refractivity contribution in [2.75, 3.05) is 13.6 Å². The van der Waals surface area contributed by atoms with Gasteiger partial charge in [-0.1, -0.05) is 0 Å². The second-order valence-corrected chi connectivity index (χ2v) is 8.32. The van der Waals surface area contributed by atoms with E-state index in [9.17, 15) is 15.0 Å². The summed E-state index contributed by atoms with van der Waals surface area (Å²) < 4.78 is 6.17. The molecule has 0 aromatic heterocycles. The third-order valence-electron chi connectivity index (χ3n) is 7.77. The topological polar surface area (TPSA) is 70.0 Å². The Balaban J connectivity index is 1.72. The number of likely N-dealkylation sites (tertiary alicyclic amines) is 1. The Hall–Kier alpha value is -0.490. The van der Waals surface area contributed by atoms with E-state index in [1.54, 1.807) is 0 Å². The molecule has 5 heteroatoms. The number of ketones is 1. The van der Waals surface area contributed by atoms with Crippen molar-refractivity contribution in [1.29, 1.82) is 0 Å². The van der Waals surface area contributed by atoms with Gasteiger partial charge in [-0.2, -0.15) is 0 Å². The van der Waals surface area contributed by atoms with Gasteiger partial charge in [0.2, 0.25) is 0 Å². The van der Waals surface area contributed by atoms with Crippen LogP contribution in [0.3, 0.4) is 0 Å². The minimum Gasteiger partial charge on any atom is -0.390 e. The maximum absolute atomic E-state index is 12.6. The standard InChI is InChI=1S/C17H25NO4/c1-18-7-6-16-13-9-2-3-10(19)14(13)22-15(16)11(20)4-5-17(16,21)12(18)8-9/h9-10,12-15,19,21H,2-8H2,1H3/t9?,10?,12?,13?,14?,15?,16?,17-/m1/s1. The van der Waals surface area contributed by atoms with Crippen molar-refractivity contribution in [2.45, 2.75) is 68.5 Å². The zero-order valence-electron chi connectivity index (χ0n) is 13.1. The van der Waals surface area contributed by atoms with E-state index < -0.39 is 23.2 Å². The molecule has 0 radical (unpaired) electrons. The van der Waals surface area contributed by atoms with E-state index in [0.717, 1.165) is 32.2 Å². The van der Waals surface area contributed by atoms with E-state index in [1.165, 1.54) is 0 Å². The fraction of sp³-hybridized carbons (Fsp3) is 0.941. The number of hydrogen-bond donors (Lipinski definition) is 2. The first-order valence-electron chi connectivity index (χ1n) is 8.78. The molecule has 2 saturated heterocycles. The molecule has 5 fully saturated rings. The Labute approximate surface area is 130 Å². The lowest BCUT2D eigenvalue weighted by atomic mass is 9.43. The van der Waals surface area contributed by atoms with Crippen LogP contribution in [0.15, 0.2) is 0 Å². The molecule has 22 heavy (non-hydrogen) atoms. The van der Waals surface area contributed by atoms with E-state index in [4.69, 9.17) is 4.74 Å². The lowest BCUT2D eigenvalue weighted by Gasteiger charge is -2.66. The molecule has 3 saturated carbocycles. The third-order valence-corrected chi connectivity index (χ3v) is 7.77. The minimum absolute atomic E-state index is 0.135. The predicted octanol–water partition coefficient (Wildman–Crippen LogP) is 0.329. The fourth-order valence-corrected chi connectivity index (χ4v) is 6.93. The summed E-state index contributed by atoms with van der Waals surface area (Å²) in [7, 11) is 2.10. The monoisotopic (exact) mass is 307 g/mol. The fourth-order valence-electron chi connectivity index (χ4n) is 6.93. The van der Waals surface area contributed by atoms with Crippen molar-refractivity contribution in [2.24, 2.45) is 17.3 Å². The number of carbonyl (C=O) groups is 1. The molecule has 2 aliphatic heterocycles. The summed E-state index contributed by atoms with van der Waals surface area (Å²) in [6.45, 7) is 0.909. The first kappa shape index (κ1) is 13.9. The number of piperidine rings is 1. The minimum atomic E-state index is -0.828. The predicted molar refractivity (Wildman–Crippen MR) is 78.2 cm³/mol. The molecule has 0 aromatic rings. The van der Waals surface area contributed by atoms with Gasteiger partial charge in [-0.25, -0.2) is 0 Å². The third kappa shape index (κ3) is 1.31. The number of nitrogens with zero attached hydrogens (tertiary/aromatic N) is 1. The number of likely N-dealkylation sites (N-methyl/N-ethyl adjacent to an activating group) is 1. The summed E-state index contributed by atoms with van der Waals surface area (Å²) in [6, 6.07) is 0.135. The molecule has 2 heterocycles. The highest BCUT2D eigenvalue weighted by Crippen LogP contribution is 2.68. The molecule has 8 atom stereocenters. The number of Topliss-reactive ketones (excluding diaryl/α,β-unsaturated/α-hetero) is 1. The largest absolute Gasteiger partial charge is 0.390 e. The number of aliphatic hydroxyl groups excluding tert-OH is 1. The van der Waals surface area contributed by atoms with Crippen LogP contribution < -0.4 is 0 Å². The van der Waals surface area contributed by atoms with E-state index in [2.05, 4.69) is 11.9 Å². The smallest absolute Gasteiger partial charge is 0.162 e. The van der Waals surface area contributed by atoms with Crippen molar-refractivity contribution in [3.05, 3.63) is 0 Å². The van der Waals surface area contributed by atoms with E-state index >= 15 is 0 Å². The Morgan fingerprint density at radius 2 is 2.14 bits per heavy atom. The summed E-state index contributed by atoms with van der Waals surface area (Å²) in [5, 5.41) is 22.2. The highest BCUT2D eigenvalue weighted by atomic mass is 16.5. The maximum Gasteiger partial charge on any atom is 0.162 e. The Morgan fingerprint density at radius 1 is 1.32 bits per heavy atom. The van der Waals surface area contributed by atoms with Crippen LogP contribution in [0.2, 0.25) is 0 Å². The molecule has 5 aliphatic rings. The van der Waals surface area contributed by atoms with Crippen LogP contribution in [-0.2, 0) is 9.53 Å². The van der Waals surface area contributed by atoms with Gasteiger partial charge in [0.05, 0.1) is 17.8 Å². The molecule has 3 aliphatic carbocycles. The molecule has 5 rings (SSSR count). The average molecular weight is 307 g/mol. The maximum atomic E-state index is 12.6. The Bertz CT molecular complexity index is 539. The molecule has 0 aromatic carbocycles. The molecule has 2 bridgehead atoms. The summed E-state index contributed by atoms with van der Waals surface area (Å²) in [5.74, 6) is 0.771. The van der Waals surface area contributed by atoms with Gasteiger partial charge in [-0.15, -0.1) is 0 Å². The summed E-state index contributed by atoms with van der Waals surface area (Å²) in [6.07, 6.45) is 3.31. The summed E-state index contributed by atoms with van der Waals surface area (Å²) >= 11 is 0. The molecule has 5 nitrogen and oxygen atoms in total. The molecule has 2 N–H and O–H groups in total. The SMILES string of the molecule is CN1CCC23C4OC5C(O)CCC(CC1[C@]2(O)CCC4=O)C53. The van der Waals surface area contributed by atoms with Crippen molar-refractivity contribution in [3.63, 3.8) is 0 Å². The first-order chi connectivity index (χ1) is 10.5. The van der Waals surface area contributed by atoms with Crippen molar-refractivity contribution >= 4 is 5.78 Å². The number of hydrogen-bond acceptors (Lipinski definition) is 5. The lowest BCUT2D eigenvalue weighted by molar-refractivity contribution is -0.247. The van der Waals surface area contributed by atoms with E-state index in [0.29, 0.717) is 18.8 Å². The van der Waals surface area contributed by atoms with Gasteiger partial charge < -0.3 is 19.8 Å². The molecule has 7 unspecified atom stereocenters. The van der Waals surface area contributed by atoms with Crippen LogP contribution in [0.4, 0.5) is 0 Å². The van der Waals surface area contributed by atoms with Crippen LogP contribution in [0, 0.1) is 17.3 Å². The highest BCUT2D eigenvalue weighted by molar-refractivity contribution is 5.86. The number of ether oxygens (including phenoxy) is 1. The van der Waals surface area contributed by atoms with Crippen molar-refractivity contribution in [1.82, 2.24) is 4.90 Å². The zero-order chi connectivity index (χ0) is 15.3. The molecular formula is C17H25NO4. The Kier molecular flexibility index (Phi) is 2.61. The van der Waals surface area contributed by atoms with Crippen LogP contribution in [0.5, 0.6) is 0 Å². The van der Waals surface area contributed by atoms with Crippen LogP contribution in [0.1, 0.15) is 38.5 Å². The number of aliphatic hydroxyl groups is 2. The molecule has 0 amide bonds. The van der Waals surface area contributed by atoms with Gasteiger partial charge in [0.15, 0.2) is 5.78 Å². The second-order valence-electron chi connectivity index (χ2n) is 8.32. The van der Waals surface area contributed by atoms with Crippen LogP contribution in [-0.4, -0.2) is 64.4 Å². The van der Waals surface area contributed by atoms with Gasteiger partial charge in [-0.05, 0) is 51.6 Å². The quantitative estimate of drug-likeness (QED) is 0.675. The molecule has 1 spiro atoms. The Morgan fingerprint density at radius 3 is 2.95 bits per heavy atom. The van der Waals surface area contributed by atoms with Gasteiger partial charge in [0.1, 0.15) is 6.10 Å². The van der Waals surface area contributed by atoms with Gasteiger partial charge in [-0.3, -0.25) is 4.79 Å². The average Bonchev–Trinajstić information content (AvgIpc) is 2.85. The summed E-state index contributed by atoms with van der Waals surface area (Å²) in [5.41, 5.74) is -1.28. The van der Waals surface area contributed by atoms with Crippen molar-refractivity contribution in [3.8, 4) is 0 Å². The van der Waals surface area contributed by atoms with Gasteiger partial charge >= 0.3 is 0 Å². The van der Waals surface area contributed by atoms with Gasteiger partial charge in [0, 0.05) is 23.8 Å². The molecular weight excluding hydrogens is 282 g/mol. The van der Waals surface area contributed by atoms with Crippen LogP contribution in [0.25, 0.3) is 0 Å². The van der Waals surface area contributed by atoms with Crippen molar-refractivity contribution < 1.29 is 19.7 Å².